The Balaban J connectivity index is 2.42. The largest absolute Gasteiger partial charge is 0.497 e. The average molecular weight is 248 g/mol. The molecule has 1 unspecified atom stereocenters. The maximum atomic E-state index is 11.9. The van der Waals surface area contributed by atoms with Crippen LogP contribution in [0.3, 0.4) is 0 Å². The minimum Gasteiger partial charge on any atom is -0.497 e. The molecule has 0 radical (unpaired) electrons. The molecule has 0 bridgehead atoms. The van der Waals surface area contributed by atoms with Gasteiger partial charge in [0, 0.05) is 12.3 Å². The lowest BCUT2D eigenvalue weighted by Crippen LogP contribution is -2.13. The number of ketones is 1. The lowest BCUT2D eigenvalue weighted by atomic mass is 9.94. The second-order valence-corrected chi connectivity index (χ2v) is 4.88. The van der Waals surface area contributed by atoms with Gasteiger partial charge < -0.3 is 4.74 Å². The quantitative estimate of drug-likeness (QED) is 0.649. The van der Waals surface area contributed by atoms with Gasteiger partial charge in [-0.1, -0.05) is 38.8 Å². The van der Waals surface area contributed by atoms with E-state index in [-0.39, 0.29) is 5.92 Å². The van der Waals surface area contributed by atoms with Crippen molar-refractivity contribution in [3.05, 3.63) is 29.8 Å². The van der Waals surface area contributed by atoms with Crippen molar-refractivity contribution >= 4 is 5.78 Å². The number of hydrogen-bond acceptors (Lipinski definition) is 2. The molecule has 0 aliphatic rings. The standard InChI is InChI=1S/C16H24O2/c1-4-5-6-7-16(17)13(2)12-14-8-10-15(18-3)11-9-14/h8-11,13H,4-7,12H2,1-3H3. The van der Waals surface area contributed by atoms with Gasteiger partial charge in [0.05, 0.1) is 7.11 Å². The molecule has 2 nitrogen and oxygen atoms in total. The van der Waals surface area contributed by atoms with Crippen LogP contribution in [0.5, 0.6) is 5.75 Å². The molecule has 0 amide bonds. The molecular weight excluding hydrogens is 224 g/mol. The third-order valence-corrected chi connectivity index (χ3v) is 3.28. The molecule has 0 spiro atoms. The highest BCUT2D eigenvalue weighted by atomic mass is 16.5. The monoisotopic (exact) mass is 248 g/mol. The first-order valence-corrected chi connectivity index (χ1v) is 6.83. The summed E-state index contributed by atoms with van der Waals surface area (Å²) in [4.78, 5) is 11.9. The van der Waals surface area contributed by atoms with Crippen LogP contribution in [0, 0.1) is 5.92 Å². The fourth-order valence-electron chi connectivity index (χ4n) is 2.02. The summed E-state index contributed by atoms with van der Waals surface area (Å²) in [6, 6.07) is 7.97. The number of benzene rings is 1. The summed E-state index contributed by atoms with van der Waals surface area (Å²) in [6.45, 7) is 4.18. The first-order chi connectivity index (χ1) is 8.67. The highest BCUT2D eigenvalue weighted by Gasteiger charge is 2.12. The van der Waals surface area contributed by atoms with Crippen molar-refractivity contribution in [1.29, 1.82) is 0 Å². The summed E-state index contributed by atoms with van der Waals surface area (Å²) in [5.41, 5.74) is 1.20. The van der Waals surface area contributed by atoms with Gasteiger partial charge in [0.2, 0.25) is 0 Å². The van der Waals surface area contributed by atoms with Crippen LogP contribution in [-0.2, 0) is 11.2 Å². The summed E-state index contributed by atoms with van der Waals surface area (Å²) < 4.78 is 5.12. The van der Waals surface area contributed by atoms with Gasteiger partial charge in [-0.3, -0.25) is 4.79 Å². The molecule has 0 saturated carbocycles. The van der Waals surface area contributed by atoms with Crippen molar-refractivity contribution in [2.24, 2.45) is 5.92 Å². The number of methoxy groups -OCH3 is 1. The predicted molar refractivity (Wildman–Crippen MR) is 75.0 cm³/mol. The van der Waals surface area contributed by atoms with E-state index in [1.165, 1.54) is 12.0 Å². The van der Waals surface area contributed by atoms with Gasteiger partial charge in [-0.2, -0.15) is 0 Å². The summed E-state index contributed by atoms with van der Waals surface area (Å²) in [6.07, 6.45) is 4.91. The Morgan fingerprint density at radius 3 is 2.44 bits per heavy atom. The zero-order chi connectivity index (χ0) is 13.4. The average Bonchev–Trinajstić information content (AvgIpc) is 2.39. The van der Waals surface area contributed by atoms with E-state index >= 15 is 0 Å². The first-order valence-electron chi connectivity index (χ1n) is 6.83. The number of rotatable bonds is 8. The Hall–Kier alpha value is -1.31. The van der Waals surface area contributed by atoms with Crippen molar-refractivity contribution in [3.63, 3.8) is 0 Å². The van der Waals surface area contributed by atoms with Crippen molar-refractivity contribution in [2.45, 2.75) is 46.0 Å². The molecule has 1 rings (SSSR count). The molecular formula is C16H24O2. The van der Waals surface area contributed by atoms with E-state index in [2.05, 4.69) is 6.92 Å². The summed E-state index contributed by atoms with van der Waals surface area (Å²) in [5, 5.41) is 0. The van der Waals surface area contributed by atoms with E-state index < -0.39 is 0 Å². The fourth-order valence-corrected chi connectivity index (χ4v) is 2.02. The molecule has 1 aromatic carbocycles. The van der Waals surface area contributed by atoms with Crippen LogP contribution < -0.4 is 4.74 Å². The molecule has 0 aromatic heterocycles. The normalized spacial score (nSPS) is 12.2. The Morgan fingerprint density at radius 2 is 1.89 bits per heavy atom. The minimum absolute atomic E-state index is 0.121. The summed E-state index contributed by atoms with van der Waals surface area (Å²) in [7, 11) is 1.66. The first kappa shape index (κ1) is 14.7. The fraction of sp³-hybridized carbons (Fsp3) is 0.562. The zero-order valence-electron chi connectivity index (χ0n) is 11.7. The number of Topliss-reactive ketones (excluding diaryl/α,β-unsaturated/α-hetero) is 1. The molecule has 0 saturated heterocycles. The van der Waals surface area contributed by atoms with E-state index in [4.69, 9.17) is 4.74 Å². The summed E-state index contributed by atoms with van der Waals surface area (Å²) in [5.74, 6) is 1.37. The second kappa shape index (κ2) is 7.91. The van der Waals surface area contributed by atoms with E-state index in [1.54, 1.807) is 7.11 Å². The van der Waals surface area contributed by atoms with Gasteiger partial charge >= 0.3 is 0 Å². The lowest BCUT2D eigenvalue weighted by Gasteiger charge is -2.10. The number of unbranched alkanes of at least 4 members (excludes halogenated alkanes) is 2. The topological polar surface area (TPSA) is 26.3 Å². The molecule has 18 heavy (non-hydrogen) atoms. The van der Waals surface area contributed by atoms with Crippen LogP contribution in [0.2, 0.25) is 0 Å². The van der Waals surface area contributed by atoms with Crippen molar-refractivity contribution in [2.75, 3.05) is 7.11 Å². The molecule has 1 atom stereocenters. The Bertz CT molecular complexity index is 354. The van der Waals surface area contributed by atoms with Crippen molar-refractivity contribution < 1.29 is 9.53 Å². The smallest absolute Gasteiger partial charge is 0.136 e. The number of hydrogen-bond donors (Lipinski definition) is 0. The molecule has 100 valence electrons. The molecule has 0 aliphatic heterocycles. The van der Waals surface area contributed by atoms with E-state index in [9.17, 15) is 4.79 Å². The Labute approximate surface area is 110 Å². The molecule has 0 aliphatic carbocycles. The molecule has 1 aromatic rings. The van der Waals surface area contributed by atoms with Crippen LogP contribution in [0.4, 0.5) is 0 Å². The third-order valence-electron chi connectivity index (χ3n) is 3.28. The third kappa shape index (κ3) is 4.91. The van der Waals surface area contributed by atoms with E-state index in [0.717, 1.165) is 31.4 Å². The minimum atomic E-state index is 0.121. The maximum absolute atomic E-state index is 11.9. The highest BCUT2D eigenvalue weighted by molar-refractivity contribution is 5.80. The van der Waals surface area contributed by atoms with Crippen molar-refractivity contribution in [3.8, 4) is 5.75 Å². The molecule has 2 heteroatoms. The van der Waals surface area contributed by atoms with Crippen LogP contribution in [-0.4, -0.2) is 12.9 Å². The van der Waals surface area contributed by atoms with Crippen LogP contribution in [0.1, 0.15) is 45.1 Å². The van der Waals surface area contributed by atoms with Crippen LogP contribution in [0.15, 0.2) is 24.3 Å². The lowest BCUT2D eigenvalue weighted by molar-refractivity contribution is -0.122. The van der Waals surface area contributed by atoms with Gasteiger partial charge in [0.25, 0.3) is 0 Å². The molecule has 0 fully saturated rings. The second-order valence-electron chi connectivity index (χ2n) is 4.88. The Morgan fingerprint density at radius 1 is 1.22 bits per heavy atom. The predicted octanol–water partition coefficient (Wildman–Crippen LogP) is 4.02. The number of carbonyl (C=O) groups is 1. The van der Waals surface area contributed by atoms with E-state index in [1.807, 2.05) is 31.2 Å². The summed E-state index contributed by atoms with van der Waals surface area (Å²) >= 11 is 0. The maximum Gasteiger partial charge on any atom is 0.136 e. The van der Waals surface area contributed by atoms with Gasteiger partial charge in [-0.15, -0.1) is 0 Å². The van der Waals surface area contributed by atoms with Gasteiger partial charge in [0.1, 0.15) is 11.5 Å². The van der Waals surface area contributed by atoms with Gasteiger partial charge in [0.15, 0.2) is 0 Å². The molecule has 0 N–H and O–H groups in total. The Kier molecular flexibility index (Phi) is 6.48. The van der Waals surface area contributed by atoms with E-state index in [0.29, 0.717) is 5.78 Å². The van der Waals surface area contributed by atoms with Gasteiger partial charge in [-0.05, 0) is 30.5 Å². The van der Waals surface area contributed by atoms with Crippen molar-refractivity contribution in [1.82, 2.24) is 0 Å². The SMILES string of the molecule is CCCCCC(=O)C(C)Cc1ccc(OC)cc1. The number of ether oxygens (including phenoxy) is 1. The van der Waals surface area contributed by atoms with Crippen LogP contribution >= 0.6 is 0 Å². The molecule has 0 heterocycles. The number of carbonyl (C=O) groups excluding carboxylic acids is 1. The van der Waals surface area contributed by atoms with Gasteiger partial charge in [-0.25, -0.2) is 0 Å². The van der Waals surface area contributed by atoms with Crippen LogP contribution in [0.25, 0.3) is 0 Å². The highest BCUT2D eigenvalue weighted by Crippen LogP contribution is 2.16. The zero-order valence-corrected chi connectivity index (χ0v) is 11.7.